The van der Waals surface area contributed by atoms with Gasteiger partial charge in [-0.2, -0.15) is 0 Å². The Morgan fingerprint density at radius 1 is 1.16 bits per heavy atom. The molecule has 0 fully saturated rings. The first-order valence-electron chi connectivity index (χ1n) is 5.88. The van der Waals surface area contributed by atoms with Crippen LogP contribution in [0.2, 0.25) is 0 Å². The largest absolute Gasteiger partial charge is 0.479 e. The van der Waals surface area contributed by atoms with Crippen molar-refractivity contribution in [2.45, 2.75) is 13.0 Å². The summed E-state index contributed by atoms with van der Waals surface area (Å²) in [5, 5.41) is 12.4. The van der Waals surface area contributed by atoms with Gasteiger partial charge in [-0.3, -0.25) is 0 Å². The number of aryl methyl sites for hydroxylation is 1. The Labute approximate surface area is 120 Å². The molecular formula is C15H14BrNO2. The zero-order valence-corrected chi connectivity index (χ0v) is 12.0. The van der Waals surface area contributed by atoms with Crippen LogP contribution < -0.4 is 5.32 Å². The summed E-state index contributed by atoms with van der Waals surface area (Å²) < 4.78 is 0.780. The second kappa shape index (κ2) is 5.89. The molecule has 98 valence electrons. The average molecular weight is 320 g/mol. The Hall–Kier alpha value is -1.81. The summed E-state index contributed by atoms with van der Waals surface area (Å²) in [6, 6.07) is 14.2. The fourth-order valence-electron chi connectivity index (χ4n) is 1.80. The summed E-state index contributed by atoms with van der Waals surface area (Å²) in [5.41, 5.74) is 2.63. The number of aliphatic carboxylic acids is 1. The molecule has 0 aliphatic heterocycles. The van der Waals surface area contributed by atoms with Crippen LogP contribution in [0.1, 0.15) is 17.2 Å². The van der Waals surface area contributed by atoms with Crippen molar-refractivity contribution in [2.24, 2.45) is 0 Å². The fourth-order valence-corrected chi connectivity index (χ4v) is 2.31. The van der Waals surface area contributed by atoms with E-state index in [1.54, 1.807) is 6.07 Å². The van der Waals surface area contributed by atoms with Crippen LogP contribution in [0.4, 0.5) is 5.69 Å². The van der Waals surface area contributed by atoms with E-state index in [-0.39, 0.29) is 0 Å². The second-order valence-corrected chi connectivity index (χ2v) is 5.16. The van der Waals surface area contributed by atoms with Crippen LogP contribution in [0, 0.1) is 6.92 Å². The van der Waals surface area contributed by atoms with E-state index in [1.807, 2.05) is 49.4 Å². The van der Waals surface area contributed by atoms with Crippen molar-refractivity contribution < 1.29 is 9.90 Å². The lowest BCUT2D eigenvalue weighted by atomic mass is 10.1. The summed E-state index contributed by atoms with van der Waals surface area (Å²) >= 11 is 3.39. The number of rotatable bonds is 4. The summed E-state index contributed by atoms with van der Waals surface area (Å²) in [6.45, 7) is 1.99. The first-order chi connectivity index (χ1) is 9.08. The zero-order chi connectivity index (χ0) is 13.8. The van der Waals surface area contributed by atoms with Gasteiger partial charge in [-0.05, 0) is 30.7 Å². The summed E-state index contributed by atoms with van der Waals surface area (Å²) in [4.78, 5) is 11.4. The van der Waals surface area contributed by atoms with E-state index in [0.29, 0.717) is 5.56 Å². The fraction of sp³-hybridized carbons (Fsp3) is 0.133. The van der Waals surface area contributed by atoms with Gasteiger partial charge in [0.05, 0.1) is 0 Å². The van der Waals surface area contributed by atoms with Crippen LogP contribution in [0.5, 0.6) is 0 Å². The molecule has 0 spiro atoms. The molecule has 0 saturated carbocycles. The van der Waals surface area contributed by atoms with E-state index in [1.165, 1.54) is 0 Å². The van der Waals surface area contributed by atoms with Gasteiger partial charge in [-0.15, -0.1) is 0 Å². The SMILES string of the molecule is Cc1ccc(NC(C(=O)O)c2ccccc2Br)cc1. The number of halogens is 1. The van der Waals surface area contributed by atoms with Gasteiger partial charge in [0.25, 0.3) is 0 Å². The van der Waals surface area contributed by atoms with E-state index < -0.39 is 12.0 Å². The van der Waals surface area contributed by atoms with E-state index in [4.69, 9.17) is 0 Å². The molecule has 19 heavy (non-hydrogen) atoms. The molecule has 0 radical (unpaired) electrons. The zero-order valence-electron chi connectivity index (χ0n) is 10.4. The quantitative estimate of drug-likeness (QED) is 0.895. The number of hydrogen-bond acceptors (Lipinski definition) is 2. The van der Waals surface area contributed by atoms with Crippen LogP contribution in [-0.2, 0) is 4.79 Å². The minimum Gasteiger partial charge on any atom is -0.479 e. The van der Waals surface area contributed by atoms with Crippen molar-refractivity contribution >= 4 is 27.6 Å². The molecule has 0 aliphatic rings. The van der Waals surface area contributed by atoms with Crippen LogP contribution in [0.15, 0.2) is 53.0 Å². The summed E-state index contributed by atoms with van der Waals surface area (Å²) in [7, 11) is 0. The van der Waals surface area contributed by atoms with Gasteiger partial charge >= 0.3 is 5.97 Å². The van der Waals surface area contributed by atoms with Gasteiger partial charge in [0, 0.05) is 10.2 Å². The number of carboxylic acid groups (broad SMARTS) is 1. The van der Waals surface area contributed by atoms with Crippen molar-refractivity contribution in [1.82, 2.24) is 0 Å². The Bertz CT molecular complexity index is 581. The van der Waals surface area contributed by atoms with Gasteiger partial charge in [0.15, 0.2) is 6.04 Å². The highest BCUT2D eigenvalue weighted by Gasteiger charge is 2.21. The molecule has 2 aromatic rings. The van der Waals surface area contributed by atoms with Crippen molar-refractivity contribution in [3.05, 3.63) is 64.1 Å². The highest BCUT2D eigenvalue weighted by Crippen LogP contribution is 2.26. The normalized spacial score (nSPS) is 11.9. The van der Waals surface area contributed by atoms with Crippen LogP contribution in [0.3, 0.4) is 0 Å². The highest BCUT2D eigenvalue weighted by atomic mass is 79.9. The molecule has 2 rings (SSSR count). The Morgan fingerprint density at radius 2 is 1.79 bits per heavy atom. The lowest BCUT2D eigenvalue weighted by Crippen LogP contribution is -2.20. The molecule has 0 saturated heterocycles. The number of anilines is 1. The monoisotopic (exact) mass is 319 g/mol. The summed E-state index contributed by atoms with van der Waals surface area (Å²) in [5.74, 6) is -0.910. The molecule has 1 unspecified atom stereocenters. The number of hydrogen-bond donors (Lipinski definition) is 2. The molecule has 0 aromatic heterocycles. The van der Waals surface area contributed by atoms with Gasteiger partial charge in [-0.1, -0.05) is 51.8 Å². The van der Waals surface area contributed by atoms with E-state index >= 15 is 0 Å². The predicted octanol–water partition coefficient (Wildman–Crippen LogP) is 4.00. The molecule has 0 heterocycles. The van der Waals surface area contributed by atoms with Crippen molar-refractivity contribution in [3.63, 3.8) is 0 Å². The molecule has 0 amide bonds. The standard InChI is InChI=1S/C15H14BrNO2/c1-10-6-8-11(9-7-10)17-14(15(18)19)12-4-2-3-5-13(12)16/h2-9,14,17H,1H3,(H,18,19). The maximum absolute atomic E-state index is 11.4. The number of carboxylic acids is 1. The first kappa shape index (κ1) is 13.6. The molecule has 1 atom stereocenters. The van der Waals surface area contributed by atoms with Crippen LogP contribution in [0.25, 0.3) is 0 Å². The second-order valence-electron chi connectivity index (χ2n) is 4.30. The Balaban J connectivity index is 2.29. The lowest BCUT2D eigenvalue weighted by molar-refractivity contribution is -0.138. The highest BCUT2D eigenvalue weighted by molar-refractivity contribution is 9.10. The minimum absolute atomic E-state index is 0.704. The van der Waals surface area contributed by atoms with Crippen molar-refractivity contribution in [1.29, 1.82) is 0 Å². The van der Waals surface area contributed by atoms with Crippen molar-refractivity contribution in [3.8, 4) is 0 Å². The Morgan fingerprint density at radius 3 is 2.37 bits per heavy atom. The maximum atomic E-state index is 11.4. The smallest absolute Gasteiger partial charge is 0.330 e. The van der Waals surface area contributed by atoms with Gasteiger partial charge in [0.2, 0.25) is 0 Å². The van der Waals surface area contributed by atoms with Crippen LogP contribution >= 0.6 is 15.9 Å². The molecule has 3 nitrogen and oxygen atoms in total. The summed E-state index contributed by atoms with van der Waals surface area (Å²) in [6.07, 6.45) is 0. The molecule has 0 aliphatic carbocycles. The van der Waals surface area contributed by atoms with Gasteiger partial charge in [0.1, 0.15) is 0 Å². The topological polar surface area (TPSA) is 49.3 Å². The minimum atomic E-state index is -0.910. The molecule has 2 N–H and O–H groups in total. The van der Waals surface area contributed by atoms with Gasteiger partial charge in [-0.25, -0.2) is 4.79 Å². The number of carbonyl (C=O) groups is 1. The number of benzene rings is 2. The van der Waals surface area contributed by atoms with E-state index in [2.05, 4.69) is 21.2 Å². The van der Waals surface area contributed by atoms with E-state index in [0.717, 1.165) is 15.7 Å². The van der Waals surface area contributed by atoms with Crippen molar-refractivity contribution in [2.75, 3.05) is 5.32 Å². The lowest BCUT2D eigenvalue weighted by Gasteiger charge is -2.17. The van der Waals surface area contributed by atoms with Gasteiger partial charge < -0.3 is 10.4 Å². The first-order valence-corrected chi connectivity index (χ1v) is 6.67. The number of nitrogens with one attached hydrogen (secondary N) is 1. The van der Waals surface area contributed by atoms with Crippen LogP contribution in [-0.4, -0.2) is 11.1 Å². The third kappa shape index (κ3) is 3.35. The maximum Gasteiger partial charge on any atom is 0.330 e. The predicted molar refractivity (Wildman–Crippen MR) is 79.3 cm³/mol. The molecule has 4 heteroatoms. The van der Waals surface area contributed by atoms with E-state index in [9.17, 15) is 9.90 Å². The molecule has 2 aromatic carbocycles. The third-order valence-corrected chi connectivity index (χ3v) is 3.55. The third-order valence-electron chi connectivity index (χ3n) is 2.83. The average Bonchev–Trinajstić information content (AvgIpc) is 2.39. The Kier molecular flexibility index (Phi) is 4.22. The molecular weight excluding hydrogens is 306 g/mol. The molecule has 0 bridgehead atoms.